The summed E-state index contributed by atoms with van der Waals surface area (Å²) in [6.07, 6.45) is 0.983. The van der Waals surface area contributed by atoms with E-state index < -0.39 is 22.0 Å². The van der Waals surface area contributed by atoms with Crippen LogP contribution in [0.3, 0.4) is 0 Å². The van der Waals surface area contributed by atoms with Crippen molar-refractivity contribution in [2.24, 2.45) is 0 Å². The number of benzene rings is 3. The molecule has 39 heavy (non-hydrogen) atoms. The number of fused-ring (bicyclic) bond motifs is 1. The Hall–Kier alpha value is -3.89. The molecule has 10 heteroatoms. The molecule has 0 saturated carbocycles. The number of phenolic OH excluding ortho intramolecular Hbond substituents is 1. The van der Waals surface area contributed by atoms with Crippen molar-refractivity contribution >= 4 is 32.5 Å². The Kier molecular flexibility index (Phi) is 7.72. The molecule has 0 saturated heterocycles. The van der Waals surface area contributed by atoms with Gasteiger partial charge in [-0.1, -0.05) is 63.2 Å². The minimum Gasteiger partial charge on any atom is -0.505 e. The van der Waals surface area contributed by atoms with Gasteiger partial charge in [0.05, 0.1) is 49.2 Å². The largest absolute Gasteiger partial charge is 0.505 e. The lowest BCUT2D eigenvalue weighted by Crippen LogP contribution is -2.33. The number of aromatic nitrogens is 2. The SMILES string of the molecule is CC(C)(C)c1cc(C(=O)Cn2c(=N)n(Cc3ccccc3)c3ccccc32)cc(N(CCO)S(C)(=O)=O)c1O. The zero-order valence-electron chi connectivity index (χ0n) is 22.5. The molecule has 206 valence electrons. The first-order valence-electron chi connectivity index (χ1n) is 12.6. The fourth-order valence-corrected chi connectivity index (χ4v) is 5.62. The van der Waals surface area contributed by atoms with Gasteiger partial charge in [-0.05, 0) is 35.2 Å². The number of aliphatic hydroxyl groups is 1. The molecule has 0 aliphatic rings. The molecule has 1 aromatic heterocycles. The average molecular weight is 551 g/mol. The Morgan fingerprint density at radius 3 is 2.13 bits per heavy atom. The smallest absolute Gasteiger partial charge is 0.232 e. The van der Waals surface area contributed by atoms with E-state index in [1.165, 1.54) is 6.07 Å². The Morgan fingerprint density at radius 1 is 0.974 bits per heavy atom. The molecule has 0 unspecified atom stereocenters. The van der Waals surface area contributed by atoms with Crippen molar-refractivity contribution in [3.05, 3.63) is 89.0 Å². The van der Waals surface area contributed by atoms with Gasteiger partial charge in [0.15, 0.2) is 5.78 Å². The van der Waals surface area contributed by atoms with Crippen LogP contribution < -0.4 is 9.92 Å². The summed E-state index contributed by atoms with van der Waals surface area (Å²) < 4.78 is 29.5. The lowest BCUT2D eigenvalue weighted by atomic mass is 9.84. The highest BCUT2D eigenvalue weighted by Crippen LogP contribution is 2.40. The van der Waals surface area contributed by atoms with Crippen LogP contribution in [-0.2, 0) is 28.5 Å². The first-order valence-corrected chi connectivity index (χ1v) is 14.4. The summed E-state index contributed by atoms with van der Waals surface area (Å²) in [5.41, 5.74) is 2.63. The lowest BCUT2D eigenvalue weighted by molar-refractivity contribution is 0.0971. The van der Waals surface area contributed by atoms with Gasteiger partial charge >= 0.3 is 0 Å². The Balaban J connectivity index is 1.83. The molecule has 4 rings (SSSR count). The Bertz CT molecular complexity index is 1680. The molecule has 4 aromatic rings. The van der Waals surface area contributed by atoms with Crippen LogP contribution in [0.15, 0.2) is 66.7 Å². The molecule has 0 aliphatic heterocycles. The molecule has 0 spiro atoms. The third-order valence-corrected chi connectivity index (χ3v) is 7.83. The monoisotopic (exact) mass is 550 g/mol. The van der Waals surface area contributed by atoms with Crippen molar-refractivity contribution in [2.75, 3.05) is 23.7 Å². The molecule has 0 bridgehead atoms. The van der Waals surface area contributed by atoms with E-state index in [-0.39, 0.29) is 41.5 Å². The van der Waals surface area contributed by atoms with E-state index in [0.717, 1.165) is 27.2 Å². The normalized spacial score (nSPS) is 12.1. The Morgan fingerprint density at radius 2 is 1.56 bits per heavy atom. The number of sulfonamides is 1. The number of anilines is 1. The van der Waals surface area contributed by atoms with Crippen LogP contribution in [0.5, 0.6) is 5.75 Å². The number of aliphatic hydroxyl groups excluding tert-OH is 1. The number of nitrogens with one attached hydrogen (secondary N) is 1. The number of rotatable bonds is 9. The zero-order valence-corrected chi connectivity index (χ0v) is 23.4. The highest BCUT2D eigenvalue weighted by Gasteiger charge is 2.28. The number of hydrogen-bond acceptors (Lipinski definition) is 6. The molecule has 0 radical (unpaired) electrons. The zero-order chi connectivity index (χ0) is 28.5. The number of aromatic hydroxyl groups is 1. The topological polar surface area (TPSA) is 129 Å². The van der Waals surface area contributed by atoms with Gasteiger partial charge in [0.1, 0.15) is 5.75 Å². The van der Waals surface area contributed by atoms with Gasteiger partial charge in [-0.15, -0.1) is 0 Å². The first kappa shape index (κ1) is 28.1. The van der Waals surface area contributed by atoms with Gasteiger partial charge in [-0.25, -0.2) is 8.42 Å². The number of ketones is 1. The van der Waals surface area contributed by atoms with Crippen LogP contribution in [0.1, 0.15) is 42.3 Å². The third-order valence-electron chi connectivity index (χ3n) is 6.65. The molecule has 0 fully saturated rings. The summed E-state index contributed by atoms with van der Waals surface area (Å²) in [6.45, 7) is 5.12. The number of carbonyl (C=O) groups is 1. The number of phenols is 1. The van der Waals surface area contributed by atoms with Gasteiger partial charge in [-0.3, -0.25) is 14.5 Å². The predicted molar refractivity (Wildman–Crippen MR) is 152 cm³/mol. The second kappa shape index (κ2) is 10.7. The van der Waals surface area contributed by atoms with Crippen molar-refractivity contribution < 1.29 is 23.4 Å². The van der Waals surface area contributed by atoms with E-state index in [4.69, 9.17) is 5.41 Å². The molecular weight excluding hydrogens is 516 g/mol. The second-order valence-electron chi connectivity index (χ2n) is 10.6. The van der Waals surface area contributed by atoms with Gasteiger partial charge in [0, 0.05) is 11.1 Å². The van der Waals surface area contributed by atoms with Crippen LogP contribution in [0.4, 0.5) is 5.69 Å². The average Bonchev–Trinajstić information content (AvgIpc) is 3.13. The molecule has 9 nitrogen and oxygen atoms in total. The van der Waals surface area contributed by atoms with Crippen LogP contribution in [0.2, 0.25) is 0 Å². The maximum atomic E-state index is 13.7. The molecule has 0 amide bonds. The minimum atomic E-state index is -3.86. The predicted octanol–water partition coefficient (Wildman–Crippen LogP) is 3.61. The van der Waals surface area contributed by atoms with Gasteiger partial charge < -0.3 is 19.3 Å². The van der Waals surface area contributed by atoms with Gasteiger partial charge in [0.2, 0.25) is 15.6 Å². The number of para-hydroxylation sites is 2. The van der Waals surface area contributed by atoms with Crippen LogP contribution in [-0.4, -0.2) is 53.0 Å². The maximum absolute atomic E-state index is 13.7. The highest BCUT2D eigenvalue weighted by molar-refractivity contribution is 7.92. The summed E-state index contributed by atoms with van der Waals surface area (Å²) in [5, 5.41) is 29.5. The maximum Gasteiger partial charge on any atom is 0.232 e. The molecule has 1 heterocycles. The molecule has 0 aliphatic carbocycles. The van der Waals surface area contributed by atoms with Crippen molar-refractivity contribution in [2.45, 2.75) is 39.3 Å². The molecule has 3 aromatic carbocycles. The van der Waals surface area contributed by atoms with E-state index in [2.05, 4.69) is 0 Å². The number of hydrogen-bond donors (Lipinski definition) is 3. The van der Waals surface area contributed by atoms with Crippen molar-refractivity contribution in [3.8, 4) is 5.75 Å². The first-order chi connectivity index (χ1) is 18.3. The minimum absolute atomic E-state index is 0.0649. The summed E-state index contributed by atoms with van der Waals surface area (Å²) >= 11 is 0. The Labute approximate surface area is 228 Å². The van der Waals surface area contributed by atoms with Gasteiger partial charge in [-0.2, -0.15) is 0 Å². The number of nitrogens with zero attached hydrogens (tertiary/aromatic N) is 3. The fraction of sp³-hybridized carbons (Fsp3) is 0.310. The molecular formula is C29H34N4O5S. The van der Waals surface area contributed by atoms with Crippen LogP contribution in [0.25, 0.3) is 11.0 Å². The van der Waals surface area contributed by atoms with Crippen molar-refractivity contribution in [3.63, 3.8) is 0 Å². The summed E-state index contributed by atoms with van der Waals surface area (Å²) in [5.74, 6) is -0.605. The summed E-state index contributed by atoms with van der Waals surface area (Å²) in [4.78, 5) is 13.7. The van der Waals surface area contributed by atoms with E-state index in [1.807, 2.05) is 79.9 Å². The number of Topliss-reactive ketones (excluding diaryl/α,β-unsaturated/α-hetero) is 1. The van der Waals surface area contributed by atoms with E-state index in [0.29, 0.717) is 12.1 Å². The van der Waals surface area contributed by atoms with E-state index in [9.17, 15) is 23.4 Å². The summed E-state index contributed by atoms with van der Waals surface area (Å²) in [7, 11) is -3.86. The highest BCUT2D eigenvalue weighted by atomic mass is 32.2. The van der Waals surface area contributed by atoms with E-state index >= 15 is 0 Å². The molecule has 0 atom stereocenters. The lowest BCUT2D eigenvalue weighted by Gasteiger charge is -2.28. The summed E-state index contributed by atoms with van der Waals surface area (Å²) in [6, 6.07) is 20.2. The number of carbonyl (C=O) groups excluding carboxylic acids is 1. The van der Waals surface area contributed by atoms with Gasteiger partial charge in [0.25, 0.3) is 0 Å². The standard InChI is InChI=1S/C29H34N4O5S/c1-29(2,3)22-16-21(17-25(27(22)36)33(14-15-34)39(4,37)38)26(35)19-32-24-13-9-8-12-23(24)31(28(32)30)18-20-10-6-5-7-11-20/h5-13,16-17,30,34,36H,14-15,18-19H2,1-4H3. The van der Waals surface area contributed by atoms with E-state index in [1.54, 1.807) is 10.6 Å². The molecule has 3 N–H and O–H groups in total. The van der Waals surface area contributed by atoms with Crippen LogP contribution in [0, 0.1) is 5.41 Å². The van der Waals surface area contributed by atoms with Crippen LogP contribution >= 0.6 is 0 Å². The number of imidazole rings is 1. The third kappa shape index (κ3) is 5.76. The van der Waals surface area contributed by atoms with Crippen molar-refractivity contribution in [1.29, 1.82) is 5.41 Å². The quantitative estimate of drug-likeness (QED) is 0.274. The second-order valence-corrected chi connectivity index (χ2v) is 12.5. The van der Waals surface area contributed by atoms with Crippen molar-refractivity contribution in [1.82, 2.24) is 9.13 Å². The fourth-order valence-electron chi connectivity index (χ4n) is 4.71.